The molecule has 1 rings (SSSR count). The van der Waals surface area contributed by atoms with E-state index in [-0.39, 0.29) is 11.9 Å². The third kappa shape index (κ3) is 3.46. The molecule has 1 amide bonds. The van der Waals surface area contributed by atoms with Crippen LogP contribution in [0.1, 0.15) is 43.6 Å². The summed E-state index contributed by atoms with van der Waals surface area (Å²) in [5.41, 5.74) is 2.20. The maximum absolute atomic E-state index is 11.5. The molecule has 1 N–H and O–H groups in total. The Labute approximate surface area is 88.6 Å². The fourth-order valence-electron chi connectivity index (χ4n) is 1.20. The lowest BCUT2D eigenvalue weighted by Gasteiger charge is -2.11. The summed E-state index contributed by atoms with van der Waals surface area (Å²) >= 11 is 1.44. The van der Waals surface area contributed by atoms with Gasteiger partial charge in [-0.15, -0.1) is 11.3 Å². The average molecular weight is 212 g/mol. The standard InChI is InChI=1S/C10H16N2OS/c1-3-4-5-8(2)12-10(13)9-6-14-7-11-9/h6-8H,3-5H2,1-2H3,(H,12,13). The van der Waals surface area contributed by atoms with Gasteiger partial charge in [0.05, 0.1) is 5.51 Å². The smallest absolute Gasteiger partial charge is 0.270 e. The number of nitrogens with one attached hydrogen (secondary N) is 1. The molecule has 1 atom stereocenters. The number of hydrogen-bond acceptors (Lipinski definition) is 3. The first-order valence-corrected chi connectivity index (χ1v) is 5.87. The molecular weight excluding hydrogens is 196 g/mol. The molecule has 0 saturated carbocycles. The zero-order valence-corrected chi connectivity index (χ0v) is 9.43. The van der Waals surface area contributed by atoms with Crippen molar-refractivity contribution in [1.82, 2.24) is 10.3 Å². The van der Waals surface area contributed by atoms with E-state index in [9.17, 15) is 4.79 Å². The van der Waals surface area contributed by atoms with Gasteiger partial charge in [0.1, 0.15) is 5.69 Å². The van der Waals surface area contributed by atoms with Crippen molar-refractivity contribution in [1.29, 1.82) is 0 Å². The number of carbonyl (C=O) groups is 1. The Kier molecular flexibility index (Phi) is 4.59. The second kappa shape index (κ2) is 5.75. The fourth-order valence-corrected chi connectivity index (χ4v) is 1.74. The summed E-state index contributed by atoms with van der Waals surface area (Å²) in [5.74, 6) is -0.0603. The lowest BCUT2D eigenvalue weighted by Crippen LogP contribution is -2.32. The molecule has 1 unspecified atom stereocenters. The molecule has 1 heterocycles. The number of nitrogens with zero attached hydrogens (tertiary/aromatic N) is 1. The van der Waals surface area contributed by atoms with Crippen LogP contribution in [-0.2, 0) is 0 Å². The second-order valence-corrected chi connectivity index (χ2v) is 4.11. The van der Waals surface area contributed by atoms with E-state index in [4.69, 9.17) is 0 Å². The molecule has 0 aliphatic rings. The van der Waals surface area contributed by atoms with Crippen molar-refractivity contribution in [2.75, 3.05) is 0 Å². The number of aromatic nitrogens is 1. The van der Waals surface area contributed by atoms with Crippen molar-refractivity contribution in [3.63, 3.8) is 0 Å². The monoisotopic (exact) mass is 212 g/mol. The van der Waals surface area contributed by atoms with E-state index < -0.39 is 0 Å². The van der Waals surface area contributed by atoms with Crippen molar-refractivity contribution < 1.29 is 4.79 Å². The average Bonchev–Trinajstić information content (AvgIpc) is 2.67. The van der Waals surface area contributed by atoms with Crippen LogP contribution in [0.2, 0.25) is 0 Å². The molecule has 1 aromatic heterocycles. The number of amides is 1. The van der Waals surface area contributed by atoms with Crippen LogP contribution in [0, 0.1) is 0 Å². The van der Waals surface area contributed by atoms with Crippen molar-refractivity contribution in [3.05, 3.63) is 16.6 Å². The highest BCUT2D eigenvalue weighted by Gasteiger charge is 2.10. The van der Waals surface area contributed by atoms with Crippen LogP contribution in [0.15, 0.2) is 10.9 Å². The Morgan fingerprint density at radius 2 is 2.50 bits per heavy atom. The molecule has 0 fully saturated rings. The molecule has 0 saturated heterocycles. The van der Waals surface area contributed by atoms with Gasteiger partial charge in [-0.3, -0.25) is 4.79 Å². The van der Waals surface area contributed by atoms with Gasteiger partial charge in [0, 0.05) is 11.4 Å². The normalized spacial score (nSPS) is 12.4. The van der Waals surface area contributed by atoms with Gasteiger partial charge in [-0.25, -0.2) is 4.98 Å². The molecule has 0 bridgehead atoms. The van der Waals surface area contributed by atoms with E-state index in [0.29, 0.717) is 5.69 Å². The third-order valence-electron chi connectivity index (χ3n) is 2.03. The molecule has 14 heavy (non-hydrogen) atoms. The summed E-state index contributed by atoms with van der Waals surface area (Å²) in [6, 6.07) is 0.240. The summed E-state index contributed by atoms with van der Waals surface area (Å²) in [6.07, 6.45) is 3.35. The van der Waals surface area contributed by atoms with Crippen LogP contribution in [0.5, 0.6) is 0 Å². The first-order chi connectivity index (χ1) is 6.74. The largest absolute Gasteiger partial charge is 0.348 e. The Hall–Kier alpha value is -0.900. The zero-order valence-electron chi connectivity index (χ0n) is 8.62. The van der Waals surface area contributed by atoms with Gasteiger partial charge in [0.2, 0.25) is 0 Å². The first-order valence-electron chi connectivity index (χ1n) is 4.93. The highest BCUT2D eigenvalue weighted by atomic mass is 32.1. The van der Waals surface area contributed by atoms with Gasteiger partial charge in [-0.05, 0) is 13.3 Å². The van der Waals surface area contributed by atoms with Crippen LogP contribution in [0.3, 0.4) is 0 Å². The summed E-state index contributed by atoms with van der Waals surface area (Å²) in [4.78, 5) is 15.5. The molecule has 0 aliphatic heterocycles. The highest BCUT2D eigenvalue weighted by molar-refractivity contribution is 7.07. The minimum atomic E-state index is -0.0603. The minimum absolute atomic E-state index is 0.0603. The Morgan fingerprint density at radius 1 is 1.71 bits per heavy atom. The van der Waals surface area contributed by atoms with Gasteiger partial charge >= 0.3 is 0 Å². The van der Waals surface area contributed by atoms with Gasteiger partial charge in [-0.2, -0.15) is 0 Å². The van der Waals surface area contributed by atoms with Crippen molar-refractivity contribution in [2.45, 2.75) is 39.2 Å². The predicted molar refractivity (Wildman–Crippen MR) is 58.6 cm³/mol. The topological polar surface area (TPSA) is 42.0 Å². The van der Waals surface area contributed by atoms with E-state index in [2.05, 4.69) is 17.2 Å². The van der Waals surface area contributed by atoms with Crippen LogP contribution in [0.4, 0.5) is 0 Å². The van der Waals surface area contributed by atoms with Gasteiger partial charge < -0.3 is 5.32 Å². The van der Waals surface area contributed by atoms with Crippen LogP contribution < -0.4 is 5.32 Å². The van der Waals surface area contributed by atoms with Crippen LogP contribution in [-0.4, -0.2) is 16.9 Å². The van der Waals surface area contributed by atoms with Crippen molar-refractivity contribution in [2.24, 2.45) is 0 Å². The minimum Gasteiger partial charge on any atom is -0.348 e. The molecule has 78 valence electrons. The van der Waals surface area contributed by atoms with E-state index in [0.717, 1.165) is 19.3 Å². The Bertz CT molecular complexity index is 272. The highest BCUT2D eigenvalue weighted by Crippen LogP contribution is 2.03. The molecule has 0 aliphatic carbocycles. The lowest BCUT2D eigenvalue weighted by molar-refractivity contribution is 0.0933. The number of rotatable bonds is 5. The molecular formula is C10H16N2OS. The number of unbranched alkanes of at least 4 members (excludes halogenated alkanes) is 1. The van der Waals surface area contributed by atoms with Crippen LogP contribution in [0.25, 0.3) is 0 Å². The Balaban J connectivity index is 2.34. The first kappa shape index (κ1) is 11.2. The number of hydrogen-bond donors (Lipinski definition) is 1. The van der Waals surface area contributed by atoms with Crippen LogP contribution >= 0.6 is 11.3 Å². The van der Waals surface area contributed by atoms with E-state index >= 15 is 0 Å². The molecule has 4 heteroatoms. The van der Waals surface area contributed by atoms with E-state index in [1.807, 2.05) is 6.92 Å². The fraction of sp³-hybridized carbons (Fsp3) is 0.600. The molecule has 1 aromatic rings. The zero-order chi connectivity index (χ0) is 10.4. The molecule has 0 aromatic carbocycles. The summed E-state index contributed by atoms with van der Waals surface area (Å²) < 4.78 is 0. The maximum Gasteiger partial charge on any atom is 0.270 e. The summed E-state index contributed by atoms with van der Waals surface area (Å²) in [6.45, 7) is 4.18. The Morgan fingerprint density at radius 3 is 3.07 bits per heavy atom. The van der Waals surface area contributed by atoms with Gasteiger partial charge in [0.15, 0.2) is 0 Å². The van der Waals surface area contributed by atoms with E-state index in [1.54, 1.807) is 10.9 Å². The van der Waals surface area contributed by atoms with Crippen molar-refractivity contribution >= 4 is 17.2 Å². The van der Waals surface area contributed by atoms with E-state index in [1.165, 1.54) is 11.3 Å². The van der Waals surface area contributed by atoms with Crippen molar-refractivity contribution in [3.8, 4) is 0 Å². The number of carbonyl (C=O) groups excluding carboxylic acids is 1. The SMILES string of the molecule is CCCCC(C)NC(=O)c1cscn1. The quantitative estimate of drug-likeness (QED) is 0.814. The van der Waals surface area contributed by atoms with Gasteiger partial charge in [0.25, 0.3) is 5.91 Å². The van der Waals surface area contributed by atoms with Gasteiger partial charge in [-0.1, -0.05) is 19.8 Å². The third-order valence-corrected chi connectivity index (χ3v) is 2.62. The molecule has 0 spiro atoms. The molecule has 0 radical (unpaired) electrons. The summed E-state index contributed by atoms with van der Waals surface area (Å²) in [5, 5.41) is 4.69. The number of thiazole rings is 1. The summed E-state index contributed by atoms with van der Waals surface area (Å²) in [7, 11) is 0. The lowest BCUT2D eigenvalue weighted by atomic mass is 10.1. The predicted octanol–water partition coefficient (Wildman–Crippen LogP) is 2.45. The second-order valence-electron chi connectivity index (χ2n) is 3.39. The maximum atomic E-state index is 11.5. The molecule has 3 nitrogen and oxygen atoms in total.